The predicted octanol–water partition coefficient (Wildman–Crippen LogP) is 3.04. The second-order valence-corrected chi connectivity index (χ2v) is 5.98. The number of hydrogen-bond acceptors (Lipinski definition) is 4. The van der Waals surface area contributed by atoms with Gasteiger partial charge in [0, 0.05) is 10.0 Å². The van der Waals surface area contributed by atoms with Gasteiger partial charge in [-0.05, 0) is 47.6 Å². The average molecular weight is 377 g/mol. The zero-order chi connectivity index (χ0) is 15.9. The largest absolute Gasteiger partial charge is 0.494 e. The normalized spacial score (nSPS) is 15.1. The van der Waals surface area contributed by atoms with E-state index in [1.807, 2.05) is 12.1 Å². The molecule has 0 saturated carbocycles. The van der Waals surface area contributed by atoms with Crippen molar-refractivity contribution in [2.75, 3.05) is 0 Å². The Labute approximate surface area is 138 Å². The number of rotatable bonds is 1. The van der Waals surface area contributed by atoms with E-state index >= 15 is 0 Å². The van der Waals surface area contributed by atoms with Crippen LogP contribution in [0.25, 0.3) is 17.7 Å². The molecule has 0 bridgehead atoms. The average Bonchev–Trinajstić information content (AvgIpc) is 2.44. The number of ketones is 1. The highest BCUT2D eigenvalue weighted by Gasteiger charge is 2.19. The van der Waals surface area contributed by atoms with E-state index in [1.54, 1.807) is 12.1 Å². The third kappa shape index (κ3) is 2.60. The van der Waals surface area contributed by atoms with Crippen molar-refractivity contribution >= 4 is 51.7 Å². The molecule has 1 heterocycles. The molecule has 5 nitrogen and oxygen atoms in total. The smallest absolute Gasteiger partial charge is 0.262 e. The first-order valence-corrected chi connectivity index (χ1v) is 7.45. The molecule has 0 fully saturated rings. The minimum atomic E-state index is -0.560. The zero-order valence-corrected chi connectivity index (χ0v) is 13.4. The summed E-state index contributed by atoms with van der Waals surface area (Å²) in [5, 5.41) is 9.86. The van der Waals surface area contributed by atoms with Crippen LogP contribution in [0.3, 0.4) is 0 Å². The van der Waals surface area contributed by atoms with Gasteiger partial charge in [-0.15, -0.1) is 0 Å². The number of allylic oxidation sites excluding steroid dienone is 2. The second-order valence-electron chi connectivity index (χ2n) is 4.66. The first-order chi connectivity index (χ1) is 10.5. The number of H-pyrrole nitrogens is 2. The summed E-state index contributed by atoms with van der Waals surface area (Å²) < 4.78 is 0.901. The van der Waals surface area contributed by atoms with Crippen molar-refractivity contribution in [1.29, 1.82) is 0 Å². The van der Waals surface area contributed by atoms with Gasteiger partial charge < -0.3 is 10.1 Å². The monoisotopic (exact) mass is 376 g/mol. The molecule has 0 aliphatic heterocycles. The van der Waals surface area contributed by atoms with Crippen LogP contribution in [0.2, 0.25) is 0 Å². The topological polar surface area (TPSA) is 85.9 Å². The predicted molar refractivity (Wildman–Crippen MR) is 90.0 cm³/mol. The third-order valence-corrected chi connectivity index (χ3v) is 3.93. The van der Waals surface area contributed by atoms with Crippen LogP contribution in [0.1, 0.15) is 16.7 Å². The number of aromatic nitrogens is 2. The van der Waals surface area contributed by atoms with Crippen molar-refractivity contribution in [3.05, 3.63) is 60.6 Å². The summed E-state index contributed by atoms with van der Waals surface area (Å²) in [4.78, 5) is 28.9. The van der Waals surface area contributed by atoms with Gasteiger partial charge in [0.1, 0.15) is 5.56 Å². The molecular weight excluding hydrogens is 368 g/mol. The molecule has 110 valence electrons. The molecule has 1 aromatic heterocycles. The maximum atomic E-state index is 12.1. The fourth-order valence-corrected chi connectivity index (χ4v) is 2.78. The van der Waals surface area contributed by atoms with E-state index in [4.69, 9.17) is 12.2 Å². The van der Waals surface area contributed by atoms with E-state index in [-0.39, 0.29) is 22.0 Å². The second kappa shape index (κ2) is 5.51. The van der Waals surface area contributed by atoms with Crippen molar-refractivity contribution in [1.82, 2.24) is 9.97 Å². The highest BCUT2D eigenvalue weighted by Crippen LogP contribution is 2.30. The van der Waals surface area contributed by atoms with E-state index in [0.717, 1.165) is 10.0 Å². The highest BCUT2D eigenvalue weighted by molar-refractivity contribution is 9.10. The first-order valence-electron chi connectivity index (χ1n) is 6.25. The van der Waals surface area contributed by atoms with Gasteiger partial charge >= 0.3 is 0 Å². The number of nitrogens with one attached hydrogen (secondary N) is 2. The van der Waals surface area contributed by atoms with Crippen LogP contribution < -0.4 is 5.56 Å². The lowest BCUT2D eigenvalue weighted by atomic mass is 9.90. The quantitative estimate of drug-likeness (QED) is 0.527. The Bertz CT molecular complexity index is 969. The molecule has 0 unspecified atom stereocenters. The lowest BCUT2D eigenvalue weighted by molar-refractivity contribution is -0.109. The van der Waals surface area contributed by atoms with Crippen LogP contribution in [0.15, 0.2) is 33.5 Å². The van der Waals surface area contributed by atoms with E-state index in [9.17, 15) is 14.7 Å². The summed E-state index contributed by atoms with van der Waals surface area (Å²) in [7, 11) is 0. The summed E-state index contributed by atoms with van der Waals surface area (Å²) >= 11 is 8.15. The number of fused-ring (bicyclic) bond motifs is 1. The van der Waals surface area contributed by atoms with E-state index in [0.29, 0.717) is 11.1 Å². The molecule has 0 amide bonds. The maximum Gasteiger partial charge on any atom is 0.262 e. The van der Waals surface area contributed by atoms with Gasteiger partial charge in [0.25, 0.3) is 5.56 Å². The van der Waals surface area contributed by atoms with Crippen LogP contribution in [0.5, 0.6) is 5.88 Å². The van der Waals surface area contributed by atoms with Gasteiger partial charge in [0.2, 0.25) is 5.88 Å². The number of halogens is 1. The SMILES string of the molecule is O=C1C=Cc2cc(Br)ccc2C1=Cc1c(O)[nH]c(=S)[nH]c1=O. The van der Waals surface area contributed by atoms with Crippen LogP contribution in [-0.4, -0.2) is 20.9 Å². The van der Waals surface area contributed by atoms with Crippen molar-refractivity contribution in [2.24, 2.45) is 0 Å². The molecule has 3 N–H and O–H groups in total. The Balaban J connectivity index is 2.25. The molecule has 7 heteroatoms. The minimum Gasteiger partial charge on any atom is -0.494 e. The number of aromatic amines is 2. The first kappa shape index (κ1) is 14.7. The molecular formula is C15H9BrN2O3S. The van der Waals surface area contributed by atoms with Gasteiger partial charge in [-0.1, -0.05) is 28.1 Å². The lowest BCUT2D eigenvalue weighted by Gasteiger charge is -2.13. The zero-order valence-electron chi connectivity index (χ0n) is 11.0. The van der Waals surface area contributed by atoms with Gasteiger partial charge in [0.15, 0.2) is 10.6 Å². The summed E-state index contributed by atoms with van der Waals surface area (Å²) in [6.07, 6.45) is 4.50. The van der Waals surface area contributed by atoms with Gasteiger partial charge in [-0.3, -0.25) is 14.6 Å². The number of carbonyl (C=O) groups excluding carboxylic acids is 1. The number of aromatic hydroxyl groups is 1. The molecule has 0 radical (unpaired) electrons. The fourth-order valence-electron chi connectivity index (χ4n) is 2.22. The van der Waals surface area contributed by atoms with E-state index < -0.39 is 5.56 Å². The van der Waals surface area contributed by atoms with E-state index in [2.05, 4.69) is 25.9 Å². The molecule has 0 atom stereocenters. The molecule has 0 spiro atoms. The van der Waals surface area contributed by atoms with Crippen LogP contribution >= 0.6 is 28.1 Å². The Morgan fingerprint density at radius 2 is 1.95 bits per heavy atom. The Hall–Kier alpha value is -2.25. The molecule has 1 aliphatic carbocycles. The summed E-state index contributed by atoms with van der Waals surface area (Å²) in [5.74, 6) is -0.613. The summed E-state index contributed by atoms with van der Waals surface area (Å²) in [6, 6.07) is 5.46. The molecule has 22 heavy (non-hydrogen) atoms. The Morgan fingerprint density at radius 3 is 2.68 bits per heavy atom. The van der Waals surface area contributed by atoms with Gasteiger partial charge in [-0.2, -0.15) is 0 Å². The molecule has 1 aromatic carbocycles. The molecule has 0 saturated heterocycles. The van der Waals surface area contributed by atoms with Crippen LogP contribution in [0.4, 0.5) is 0 Å². The number of benzene rings is 1. The molecule has 1 aliphatic rings. The Morgan fingerprint density at radius 1 is 1.18 bits per heavy atom. The van der Waals surface area contributed by atoms with Crippen molar-refractivity contribution in [3.8, 4) is 5.88 Å². The molecule has 2 aromatic rings. The lowest BCUT2D eigenvalue weighted by Crippen LogP contribution is -2.12. The van der Waals surface area contributed by atoms with Crippen LogP contribution in [-0.2, 0) is 4.79 Å². The van der Waals surface area contributed by atoms with Gasteiger partial charge in [-0.25, -0.2) is 0 Å². The van der Waals surface area contributed by atoms with Crippen molar-refractivity contribution in [2.45, 2.75) is 0 Å². The van der Waals surface area contributed by atoms with Gasteiger partial charge in [0.05, 0.1) is 0 Å². The molecule has 3 rings (SSSR count). The third-order valence-electron chi connectivity index (χ3n) is 3.23. The number of hydrogen-bond donors (Lipinski definition) is 3. The van der Waals surface area contributed by atoms with Crippen LogP contribution in [0, 0.1) is 4.77 Å². The Kier molecular flexibility index (Phi) is 3.67. The van der Waals surface area contributed by atoms with Crippen molar-refractivity contribution < 1.29 is 9.90 Å². The van der Waals surface area contributed by atoms with Crippen molar-refractivity contribution in [3.63, 3.8) is 0 Å². The number of carbonyl (C=O) groups is 1. The standard InChI is InChI=1S/C15H9BrN2O3S/c16-8-2-3-9-7(5-8)1-4-12(19)10(9)6-11-13(20)17-15(22)18-14(11)21/h1-6H,(H3,17,18,20,21,22). The summed E-state index contributed by atoms with van der Waals surface area (Å²) in [6.45, 7) is 0. The van der Waals surface area contributed by atoms with E-state index in [1.165, 1.54) is 12.2 Å². The summed E-state index contributed by atoms with van der Waals surface area (Å²) in [5.41, 5.74) is 1.27. The highest BCUT2D eigenvalue weighted by atomic mass is 79.9. The fraction of sp³-hybridized carbons (Fsp3) is 0. The maximum absolute atomic E-state index is 12.1. The minimum absolute atomic E-state index is 0.0175.